The third-order valence-electron chi connectivity index (χ3n) is 3.60. The summed E-state index contributed by atoms with van der Waals surface area (Å²) in [6.45, 7) is 6.31. The topological polar surface area (TPSA) is 64.3 Å². The Balaban J connectivity index is 2.15. The largest absolute Gasteiger partial charge is 0.382 e. The predicted octanol–water partition coefficient (Wildman–Crippen LogP) is 1.29. The minimum Gasteiger partial charge on any atom is -0.382 e. The quantitative estimate of drug-likeness (QED) is 0.690. The van der Waals surface area contributed by atoms with Crippen molar-refractivity contribution >= 4 is 5.91 Å². The van der Waals surface area contributed by atoms with Crippen molar-refractivity contribution in [2.45, 2.75) is 45.6 Å². The molecule has 0 radical (unpaired) electrons. The molecule has 0 aromatic carbocycles. The predicted molar refractivity (Wildman–Crippen MR) is 68.6 cm³/mol. The lowest BCUT2D eigenvalue weighted by Crippen LogP contribution is -2.41. The van der Waals surface area contributed by atoms with Gasteiger partial charge in [0.05, 0.1) is 0 Å². The van der Waals surface area contributed by atoms with Gasteiger partial charge < -0.3 is 15.8 Å². The van der Waals surface area contributed by atoms with Crippen LogP contribution in [-0.4, -0.2) is 31.7 Å². The third kappa shape index (κ3) is 5.04. The molecule has 0 aliphatic heterocycles. The number of hydrogen-bond acceptors (Lipinski definition) is 3. The molecular formula is C13H26N2O2. The number of nitrogens with two attached hydrogens (primary N) is 1. The highest BCUT2D eigenvalue weighted by Crippen LogP contribution is 2.27. The van der Waals surface area contributed by atoms with Crippen molar-refractivity contribution in [3.05, 3.63) is 0 Å². The maximum atomic E-state index is 11.9. The second kappa shape index (κ2) is 7.67. The van der Waals surface area contributed by atoms with Crippen molar-refractivity contribution < 1.29 is 9.53 Å². The summed E-state index contributed by atoms with van der Waals surface area (Å²) in [5.74, 6) is 0.842. The first-order valence-corrected chi connectivity index (χ1v) is 6.76. The van der Waals surface area contributed by atoms with Crippen molar-refractivity contribution in [1.82, 2.24) is 5.32 Å². The van der Waals surface area contributed by atoms with Crippen LogP contribution < -0.4 is 11.1 Å². The number of carbonyl (C=O) groups is 1. The number of rotatable bonds is 6. The first-order chi connectivity index (χ1) is 8.15. The second-order valence-corrected chi connectivity index (χ2v) is 4.99. The Kier molecular flexibility index (Phi) is 6.52. The molecule has 1 saturated carbocycles. The zero-order valence-corrected chi connectivity index (χ0v) is 11.1. The molecule has 0 saturated heterocycles. The minimum absolute atomic E-state index is 0.119. The van der Waals surface area contributed by atoms with Crippen LogP contribution in [-0.2, 0) is 9.53 Å². The Hall–Kier alpha value is -0.610. The monoisotopic (exact) mass is 242 g/mol. The van der Waals surface area contributed by atoms with Crippen LogP contribution in [0.15, 0.2) is 0 Å². The lowest BCUT2D eigenvalue weighted by molar-refractivity contribution is -0.126. The summed E-state index contributed by atoms with van der Waals surface area (Å²) in [5.41, 5.74) is 6.00. The lowest BCUT2D eigenvalue weighted by Gasteiger charge is -2.31. The van der Waals surface area contributed by atoms with Crippen molar-refractivity contribution in [1.29, 1.82) is 0 Å². The maximum Gasteiger partial charge on any atom is 0.223 e. The Morgan fingerprint density at radius 3 is 2.88 bits per heavy atom. The fourth-order valence-electron chi connectivity index (χ4n) is 2.27. The molecule has 1 rings (SSSR count). The maximum absolute atomic E-state index is 11.9. The van der Waals surface area contributed by atoms with Crippen LogP contribution in [0.1, 0.15) is 39.5 Å². The number of nitrogens with one attached hydrogen (secondary N) is 1. The van der Waals surface area contributed by atoms with Gasteiger partial charge in [0.2, 0.25) is 5.91 Å². The number of carbonyl (C=O) groups excluding carboxylic acids is 1. The summed E-state index contributed by atoms with van der Waals surface area (Å²) in [6, 6.07) is 0.183. The van der Waals surface area contributed by atoms with Crippen LogP contribution in [0.2, 0.25) is 0 Å². The van der Waals surface area contributed by atoms with Gasteiger partial charge in [-0.3, -0.25) is 4.79 Å². The Labute approximate surface area is 104 Å². The van der Waals surface area contributed by atoms with Crippen molar-refractivity contribution in [3.63, 3.8) is 0 Å². The van der Waals surface area contributed by atoms with Crippen molar-refractivity contribution in [3.8, 4) is 0 Å². The third-order valence-corrected chi connectivity index (χ3v) is 3.60. The summed E-state index contributed by atoms with van der Waals surface area (Å²) in [7, 11) is 0. The van der Waals surface area contributed by atoms with Gasteiger partial charge in [0.1, 0.15) is 0 Å². The highest BCUT2D eigenvalue weighted by atomic mass is 16.5. The molecule has 1 aliphatic rings. The summed E-state index contributed by atoms with van der Waals surface area (Å²) in [5, 5.41) is 2.97. The molecule has 1 amide bonds. The molecule has 100 valence electrons. The van der Waals surface area contributed by atoms with Gasteiger partial charge in [0, 0.05) is 31.7 Å². The van der Waals surface area contributed by atoms with E-state index in [-0.39, 0.29) is 17.9 Å². The Morgan fingerprint density at radius 2 is 2.24 bits per heavy atom. The number of amides is 1. The first-order valence-electron chi connectivity index (χ1n) is 6.76. The summed E-state index contributed by atoms with van der Waals surface area (Å²) in [4.78, 5) is 11.9. The minimum atomic E-state index is 0.119. The van der Waals surface area contributed by atoms with E-state index >= 15 is 0 Å². The standard InChI is InChI=1S/C13H26N2O2/c1-3-17-8-4-7-15-13(16)11-6-5-10(2)12(14)9-11/h10-12H,3-9,14H2,1-2H3,(H,15,16). The zero-order valence-electron chi connectivity index (χ0n) is 11.1. The molecule has 1 aliphatic carbocycles. The first kappa shape index (κ1) is 14.5. The highest BCUT2D eigenvalue weighted by molar-refractivity contribution is 5.78. The molecule has 3 unspecified atom stereocenters. The van der Waals surface area contributed by atoms with Crippen LogP contribution in [0.5, 0.6) is 0 Å². The van der Waals surface area contributed by atoms with E-state index in [0.717, 1.165) is 38.9 Å². The number of hydrogen-bond donors (Lipinski definition) is 2. The van der Waals surface area contributed by atoms with E-state index in [9.17, 15) is 4.79 Å². The van der Waals surface area contributed by atoms with Gasteiger partial charge in [-0.2, -0.15) is 0 Å². The van der Waals surface area contributed by atoms with Gasteiger partial charge >= 0.3 is 0 Å². The van der Waals surface area contributed by atoms with Gasteiger partial charge in [0.15, 0.2) is 0 Å². The molecule has 0 aromatic rings. The van der Waals surface area contributed by atoms with E-state index in [2.05, 4.69) is 12.2 Å². The van der Waals surface area contributed by atoms with Gasteiger partial charge in [-0.05, 0) is 38.5 Å². The molecule has 0 heterocycles. The van der Waals surface area contributed by atoms with Crippen LogP contribution in [0.4, 0.5) is 0 Å². The molecule has 0 aromatic heterocycles. The molecule has 17 heavy (non-hydrogen) atoms. The molecule has 3 N–H and O–H groups in total. The SMILES string of the molecule is CCOCCCNC(=O)C1CCC(C)C(N)C1. The van der Waals surface area contributed by atoms with E-state index in [0.29, 0.717) is 12.5 Å². The summed E-state index contributed by atoms with van der Waals surface area (Å²) in [6.07, 6.45) is 3.76. The van der Waals surface area contributed by atoms with E-state index in [1.165, 1.54) is 0 Å². The smallest absolute Gasteiger partial charge is 0.223 e. The molecule has 3 atom stereocenters. The average molecular weight is 242 g/mol. The van der Waals surface area contributed by atoms with E-state index in [1.54, 1.807) is 0 Å². The summed E-state index contributed by atoms with van der Waals surface area (Å²) >= 11 is 0. The molecule has 0 spiro atoms. The highest BCUT2D eigenvalue weighted by Gasteiger charge is 2.29. The molecular weight excluding hydrogens is 216 g/mol. The Bertz CT molecular complexity index is 233. The molecule has 0 bridgehead atoms. The van der Waals surface area contributed by atoms with Gasteiger partial charge in [-0.1, -0.05) is 6.92 Å². The molecule has 4 nitrogen and oxygen atoms in total. The molecule has 1 fully saturated rings. The van der Waals surface area contributed by atoms with Crippen LogP contribution >= 0.6 is 0 Å². The van der Waals surface area contributed by atoms with Crippen LogP contribution in [0, 0.1) is 11.8 Å². The zero-order chi connectivity index (χ0) is 12.7. The fourth-order valence-corrected chi connectivity index (χ4v) is 2.27. The van der Waals surface area contributed by atoms with Gasteiger partial charge in [-0.15, -0.1) is 0 Å². The van der Waals surface area contributed by atoms with Crippen LogP contribution in [0.25, 0.3) is 0 Å². The van der Waals surface area contributed by atoms with Crippen molar-refractivity contribution in [2.24, 2.45) is 17.6 Å². The van der Waals surface area contributed by atoms with E-state index in [1.807, 2.05) is 6.92 Å². The molecule has 4 heteroatoms. The van der Waals surface area contributed by atoms with Gasteiger partial charge in [0.25, 0.3) is 0 Å². The van der Waals surface area contributed by atoms with E-state index in [4.69, 9.17) is 10.5 Å². The van der Waals surface area contributed by atoms with E-state index < -0.39 is 0 Å². The lowest BCUT2D eigenvalue weighted by atomic mass is 9.79. The van der Waals surface area contributed by atoms with Gasteiger partial charge in [-0.25, -0.2) is 0 Å². The summed E-state index contributed by atoms with van der Waals surface area (Å²) < 4.78 is 5.22. The van der Waals surface area contributed by atoms with Crippen molar-refractivity contribution in [2.75, 3.05) is 19.8 Å². The Morgan fingerprint density at radius 1 is 1.47 bits per heavy atom. The normalized spacial score (nSPS) is 29.0. The fraction of sp³-hybridized carbons (Fsp3) is 0.923. The number of ether oxygens (including phenoxy) is 1. The second-order valence-electron chi connectivity index (χ2n) is 4.99. The average Bonchev–Trinajstić information content (AvgIpc) is 2.32. The van der Waals surface area contributed by atoms with Crippen LogP contribution in [0.3, 0.4) is 0 Å².